The average Bonchev–Trinajstić information content (AvgIpc) is 2.60. The zero-order valence-electron chi connectivity index (χ0n) is 13.3. The van der Waals surface area contributed by atoms with Crippen LogP contribution in [0.25, 0.3) is 0 Å². The number of halogens is 2. The van der Waals surface area contributed by atoms with E-state index in [1.807, 2.05) is 0 Å². The van der Waals surface area contributed by atoms with Crippen molar-refractivity contribution in [2.75, 3.05) is 6.61 Å². The molecule has 0 fully saturated rings. The van der Waals surface area contributed by atoms with Gasteiger partial charge < -0.3 is 10.5 Å². The number of rotatable bonds is 6. The van der Waals surface area contributed by atoms with Gasteiger partial charge in [-0.3, -0.25) is 10.1 Å². The van der Waals surface area contributed by atoms with Crippen molar-refractivity contribution in [2.24, 2.45) is 5.73 Å². The molecule has 136 valence electrons. The Morgan fingerprint density at radius 1 is 1.08 bits per heavy atom. The minimum atomic E-state index is -1.01. The average molecular weight is 413 g/mol. The minimum Gasteiger partial charge on any atom is -0.452 e. The third-order valence-corrected chi connectivity index (χ3v) is 4.88. The number of carbonyl (C=O) groups excluding carboxylic acids is 3. The van der Waals surface area contributed by atoms with E-state index in [9.17, 15) is 14.4 Å². The molecule has 0 unspecified atom stereocenters. The van der Waals surface area contributed by atoms with Crippen molar-refractivity contribution in [3.05, 3.63) is 63.6 Å². The Morgan fingerprint density at radius 3 is 2.42 bits per heavy atom. The van der Waals surface area contributed by atoms with Gasteiger partial charge in [0.15, 0.2) is 6.61 Å². The molecule has 2 aromatic rings. The number of ether oxygens (including phenoxy) is 1. The monoisotopic (exact) mass is 412 g/mol. The molecular formula is C17H14Cl2N2O4S. The number of carbonyl (C=O) groups is 3. The van der Waals surface area contributed by atoms with Gasteiger partial charge in [-0.15, -0.1) is 11.8 Å². The van der Waals surface area contributed by atoms with Crippen LogP contribution in [0.5, 0.6) is 0 Å². The molecule has 0 bridgehead atoms. The molecule has 0 aliphatic heterocycles. The summed E-state index contributed by atoms with van der Waals surface area (Å²) in [5, 5.41) is 3.03. The Kier molecular flexibility index (Phi) is 7.32. The molecule has 3 amide bonds. The van der Waals surface area contributed by atoms with E-state index in [4.69, 9.17) is 33.7 Å². The van der Waals surface area contributed by atoms with E-state index < -0.39 is 24.5 Å². The van der Waals surface area contributed by atoms with E-state index in [-0.39, 0.29) is 5.56 Å². The van der Waals surface area contributed by atoms with Crippen LogP contribution in [0.2, 0.25) is 10.0 Å². The fourth-order valence-corrected chi connectivity index (χ4v) is 3.32. The highest BCUT2D eigenvalue weighted by molar-refractivity contribution is 7.98. The first-order valence-electron chi connectivity index (χ1n) is 7.28. The molecule has 0 aliphatic carbocycles. The van der Waals surface area contributed by atoms with E-state index in [1.54, 1.807) is 47.8 Å². The predicted octanol–water partition coefficient (Wildman–Crippen LogP) is 3.64. The third kappa shape index (κ3) is 6.25. The van der Waals surface area contributed by atoms with Gasteiger partial charge in [0.05, 0.1) is 10.6 Å². The van der Waals surface area contributed by atoms with E-state index in [2.05, 4.69) is 0 Å². The van der Waals surface area contributed by atoms with E-state index >= 15 is 0 Å². The van der Waals surface area contributed by atoms with Crippen molar-refractivity contribution < 1.29 is 19.1 Å². The van der Waals surface area contributed by atoms with Crippen LogP contribution in [0, 0.1) is 0 Å². The van der Waals surface area contributed by atoms with Crippen molar-refractivity contribution in [1.29, 1.82) is 0 Å². The molecule has 26 heavy (non-hydrogen) atoms. The van der Waals surface area contributed by atoms with Crippen LogP contribution in [-0.4, -0.2) is 24.5 Å². The summed E-state index contributed by atoms with van der Waals surface area (Å²) < 4.78 is 4.79. The normalized spacial score (nSPS) is 10.2. The highest BCUT2D eigenvalue weighted by atomic mass is 35.5. The molecule has 0 saturated heterocycles. The van der Waals surface area contributed by atoms with E-state index in [1.165, 1.54) is 11.8 Å². The lowest BCUT2D eigenvalue weighted by Gasteiger charge is -2.07. The molecule has 0 radical (unpaired) electrons. The summed E-state index contributed by atoms with van der Waals surface area (Å²) in [5.74, 6) is -0.838. The Morgan fingerprint density at radius 2 is 1.77 bits per heavy atom. The second-order valence-electron chi connectivity index (χ2n) is 5.05. The number of nitrogens with one attached hydrogen (secondary N) is 1. The molecule has 0 aromatic heterocycles. The Bertz CT molecular complexity index is 828. The van der Waals surface area contributed by atoms with Crippen LogP contribution in [0.1, 0.15) is 15.9 Å². The van der Waals surface area contributed by atoms with Gasteiger partial charge in [0.1, 0.15) is 0 Å². The van der Waals surface area contributed by atoms with E-state index in [0.29, 0.717) is 15.8 Å². The number of benzene rings is 2. The molecule has 0 spiro atoms. The van der Waals surface area contributed by atoms with E-state index in [0.717, 1.165) is 10.5 Å². The molecule has 3 N–H and O–H groups in total. The molecular weight excluding hydrogens is 399 g/mol. The van der Waals surface area contributed by atoms with Crippen LogP contribution in [0.15, 0.2) is 47.4 Å². The number of primary amides is 1. The van der Waals surface area contributed by atoms with Gasteiger partial charge in [0.25, 0.3) is 5.91 Å². The van der Waals surface area contributed by atoms with Gasteiger partial charge in [-0.2, -0.15) is 0 Å². The minimum absolute atomic E-state index is 0.284. The topological polar surface area (TPSA) is 98.5 Å². The van der Waals surface area contributed by atoms with Gasteiger partial charge in [-0.25, -0.2) is 9.59 Å². The Hall–Kier alpha value is -2.22. The summed E-state index contributed by atoms with van der Waals surface area (Å²) in [7, 11) is 0. The largest absolute Gasteiger partial charge is 0.452 e. The molecule has 0 heterocycles. The molecule has 2 aromatic carbocycles. The molecule has 0 aliphatic rings. The molecule has 2 rings (SSSR count). The van der Waals surface area contributed by atoms with Crippen molar-refractivity contribution >= 4 is 52.9 Å². The van der Waals surface area contributed by atoms with Crippen molar-refractivity contribution in [3.8, 4) is 0 Å². The maximum Gasteiger partial charge on any atom is 0.338 e. The number of thioether (sulfide) groups is 1. The lowest BCUT2D eigenvalue weighted by molar-refractivity contribution is -0.123. The summed E-state index contributed by atoms with van der Waals surface area (Å²) >= 11 is 13.6. The van der Waals surface area contributed by atoms with Gasteiger partial charge in [-0.1, -0.05) is 35.3 Å². The first-order chi connectivity index (χ1) is 12.3. The maximum atomic E-state index is 11.9. The number of hydrogen-bond acceptors (Lipinski definition) is 5. The number of esters is 1. The van der Waals surface area contributed by atoms with Crippen LogP contribution in [0.4, 0.5) is 4.79 Å². The summed E-state index contributed by atoms with van der Waals surface area (Å²) in [6.45, 7) is -0.591. The van der Waals surface area contributed by atoms with Crippen molar-refractivity contribution in [1.82, 2.24) is 5.32 Å². The standard InChI is InChI=1S/C17H14Cl2N2O4S/c18-12-5-6-13(19)14(7-12)26-9-10-1-3-11(4-2-10)16(23)25-8-15(22)21-17(20)24/h1-7H,8-9H2,(H3,20,21,22,24). The fourth-order valence-electron chi connectivity index (χ4n) is 1.87. The number of urea groups is 1. The highest BCUT2D eigenvalue weighted by Crippen LogP contribution is 2.32. The van der Waals surface area contributed by atoms with Crippen molar-refractivity contribution in [3.63, 3.8) is 0 Å². The second kappa shape index (κ2) is 9.47. The summed E-state index contributed by atoms with van der Waals surface area (Å²) in [6, 6.07) is 11.0. The lowest BCUT2D eigenvalue weighted by Crippen LogP contribution is -2.37. The van der Waals surface area contributed by atoms with Gasteiger partial charge in [0.2, 0.25) is 0 Å². The zero-order valence-corrected chi connectivity index (χ0v) is 15.7. The first kappa shape index (κ1) is 20.1. The van der Waals surface area contributed by atoms with Crippen LogP contribution in [-0.2, 0) is 15.3 Å². The smallest absolute Gasteiger partial charge is 0.338 e. The first-order valence-corrected chi connectivity index (χ1v) is 9.02. The zero-order chi connectivity index (χ0) is 19.1. The van der Waals surface area contributed by atoms with Crippen molar-refractivity contribution in [2.45, 2.75) is 10.6 Å². The third-order valence-electron chi connectivity index (χ3n) is 3.07. The predicted molar refractivity (Wildman–Crippen MR) is 100 cm³/mol. The Labute approximate surface area is 164 Å². The van der Waals surface area contributed by atoms with Gasteiger partial charge >= 0.3 is 12.0 Å². The summed E-state index contributed by atoms with van der Waals surface area (Å²) in [6.07, 6.45) is 0. The lowest BCUT2D eigenvalue weighted by atomic mass is 10.1. The maximum absolute atomic E-state index is 11.9. The molecule has 6 nitrogen and oxygen atoms in total. The second-order valence-corrected chi connectivity index (χ2v) is 6.91. The number of nitrogens with two attached hydrogens (primary N) is 1. The fraction of sp³-hybridized carbons (Fsp3) is 0.118. The van der Waals surface area contributed by atoms with Crippen LogP contribution < -0.4 is 11.1 Å². The molecule has 9 heteroatoms. The number of hydrogen-bond donors (Lipinski definition) is 2. The summed E-state index contributed by atoms with van der Waals surface area (Å²) in [5.41, 5.74) is 6.04. The summed E-state index contributed by atoms with van der Waals surface area (Å²) in [4.78, 5) is 34.4. The van der Waals surface area contributed by atoms with Gasteiger partial charge in [-0.05, 0) is 35.9 Å². The van der Waals surface area contributed by atoms with Crippen LogP contribution in [0.3, 0.4) is 0 Å². The number of imide groups is 1. The quantitative estimate of drug-likeness (QED) is 0.557. The van der Waals surface area contributed by atoms with Crippen LogP contribution >= 0.6 is 35.0 Å². The highest BCUT2D eigenvalue weighted by Gasteiger charge is 2.11. The SMILES string of the molecule is NC(=O)NC(=O)COC(=O)c1ccc(CSc2cc(Cl)ccc2Cl)cc1. The number of amides is 3. The molecule has 0 atom stereocenters. The molecule has 0 saturated carbocycles. The Balaban J connectivity index is 1.89. The van der Waals surface area contributed by atoms with Gasteiger partial charge in [0, 0.05) is 15.7 Å².